The molecule has 0 amide bonds. The Bertz CT molecular complexity index is 978. The van der Waals surface area contributed by atoms with E-state index in [0.717, 1.165) is 6.21 Å². The molecular weight excluding hydrogens is 396 g/mol. The molecule has 0 aromatic heterocycles. The zero-order chi connectivity index (χ0) is 22.8. The van der Waals surface area contributed by atoms with Gasteiger partial charge in [0, 0.05) is 54.5 Å². The van der Waals surface area contributed by atoms with Gasteiger partial charge < -0.3 is 30.6 Å². The average molecular weight is 422 g/mol. The van der Waals surface area contributed by atoms with Crippen molar-refractivity contribution in [2.45, 2.75) is 6.04 Å². The van der Waals surface area contributed by atoms with Crippen molar-refractivity contribution in [3.8, 4) is 11.5 Å². The fourth-order valence-corrected chi connectivity index (χ4v) is 2.92. The minimum absolute atomic E-state index is 0.0692. The van der Waals surface area contributed by atoms with Crippen molar-refractivity contribution in [1.82, 2.24) is 5.32 Å². The number of ether oxygens (including phenoxy) is 2. The Morgan fingerprint density at radius 2 is 1.71 bits per heavy atom. The number of methoxy groups -OCH3 is 2. The molecule has 31 heavy (non-hydrogen) atoms. The van der Waals surface area contributed by atoms with Crippen LogP contribution in [0, 0.1) is 10.8 Å². The number of carbonyl (C=O) groups excluding carboxylic acids is 1. The van der Waals surface area contributed by atoms with Gasteiger partial charge in [0.2, 0.25) is 5.78 Å². The van der Waals surface area contributed by atoms with Crippen molar-refractivity contribution in [1.29, 1.82) is 10.8 Å². The first-order valence-electron chi connectivity index (χ1n) is 9.39. The maximum Gasteiger partial charge on any atom is 0.207 e. The van der Waals surface area contributed by atoms with Crippen LogP contribution in [-0.2, 0) is 4.79 Å². The van der Waals surface area contributed by atoms with E-state index in [2.05, 4.69) is 10.6 Å². The molecule has 8 nitrogen and oxygen atoms in total. The first-order chi connectivity index (χ1) is 15.0. The predicted octanol–water partition coefficient (Wildman–Crippen LogP) is 3.64. The fourth-order valence-electron chi connectivity index (χ4n) is 2.92. The Hall–Kier alpha value is -4.07. The third-order valence-corrected chi connectivity index (χ3v) is 4.47. The van der Waals surface area contributed by atoms with Crippen LogP contribution >= 0.6 is 0 Å². The number of anilines is 1. The van der Waals surface area contributed by atoms with E-state index in [1.54, 1.807) is 49.5 Å². The molecule has 2 rings (SSSR count). The Labute approximate surface area is 181 Å². The molecule has 2 aromatic carbocycles. The van der Waals surface area contributed by atoms with Crippen molar-refractivity contribution < 1.29 is 19.4 Å². The molecule has 0 heterocycles. The second kappa shape index (κ2) is 11.2. The summed E-state index contributed by atoms with van der Waals surface area (Å²) in [7, 11) is 4.67. The summed E-state index contributed by atoms with van der Waals surface area (Å²) in [5.41, 5.74) is 0.867. The average Bonchev–Trinajstić information content (AvgIpc) is 2.81. The van der Waals surface area contributed by atoms with Crippen LogP contribution in [0.25, 0.3) is 0 Å². The van der Waals surface area contributed by atoms with Gasteiger partial charge in [-0.1, -0.05) is 30.3 Å². The van der Waals surface area contributed by atoms with Gasteiger partial charge in [0.1, 0.15) is 23.3 Å². The molecule has 1 atom stereocenters. The number of hydrogen-bond acceptors (Lipinski definition) is 8. The third kappa shape index (κ3) is 5.72. The second-order valence-electron chi connectivity index (χ2n) is 6.40. The number of carbonyl (C=O) groups is 1. The lowest BCUT2D eigenvalue weighted by molar-refractivity contribution is -0.113. The molecule has 5 N–H and O–H groups in total. The number of ketones is 1. The first kappa shape index (κ1) is 23.2. The number of nitrogens with one attached hydrogen (secondary N) is 4. The zero-order valence-corrected chi connectivity index (χ0v) is 17.6. The van der Waals surface area contributed by atoms with E-state index in [0.29, 0.717) is 29.0 Å². The lowest BCUT2D eigenvalue weighted by Crippen LogP contribution is -2.29. The predicted molar refractivity (Wildman–Crippen MR) is 122 cm³/mol. The maximum absolute atomic E-state index is 13.4. The van der Waals surface area contributed by atoms with Gasteiger partial charge in [0.05, 0.1) is 20.5 Å². The van der Waals surface area contributed by atoms with Crippen molar-refractivity contribution in [3.05, 3.63) is 77.7 Å². The number of benzene rings is 2. The topological polar surface area (TPSA) is 128 Å². The van der Waals surface area contributed by atoms with Crippen LogP contribution in [0.15, 0.2) is 72.1 Å². The van der Waals surface area contributed by atoms with E-state index in [1.807, 2.05) is 6.07 Å². The molecule has 2 aromatic rings. The molecule has 162 valence electrons. The monoisotopic (exact) mass is 422 g/mol. The molecule has 0 saturated heterocycles. The van der Waals surface area contributed by atoms with Crippen molar-refractivity contribution in [3.63, 3.8) is 0 Å². The Morgan fingerprint density at radius 3 is 2.19 bits per heavy atom. The van der Waals surface area contributed by atoms with E-state index in [9.17, 15) is 9.90 Å². The normalized spacial score (nSPS) is 12.5. The highest BCUT2D eigenvalue weighted by Crippen LogP contribution is 2.29. The molecule has 0 aliphatic rings. The van der Waals surface area contributed by atoms with E-state index < -0.39 is 17.5 Å². The van der Waals surface area contributed by atoms with Crippen LogP contribution in [0.1, 0.15) is 11.6 Å². The van der Waals surface area contributed by atoms with Gasteiger partial charge in [-0.3, -0.25) is 10.2 Å². The van der Waals surface area contributed by atoms with Gasteiger partial charge in [-0.15, -0.1) is 0 Å². The number of allylic oxidation sites excluding steroid dienone is 2. The molecule has 0 fully saturated rings. The third-order valence-electron chi connectivity index (χ3n) is 4.47. The number of rotatable bonds is 11. The summed E-state index contributed by atoms with van der Waals surface area (Å²) in [4.78, 5) is 13.4. The maximum atomic E-state index is 13.4. The van der Waals surface area contributed by atoms with Crippen molar-refractivity contribution >= 4 is 23.4 Å². The van der Waals surface area contributed by atoms with Crippen LogP contribution in [0.4, 0.5) is 5.69 Å². The minimum atomic E-state index is -0.929. The molecule has 0 aliphatic heterocycles. The summed E-state index contributed by atoms with van der Waals surface area (Å²) in [5, 5.41) is 31.5. The van der Waals surface area contributed by atoms with Gasteiger partial charge in [0.15, 0.2) is 0 Å². The highest BCUT2D eigenvalue weighted by atomic mass is 16.5. The lowest BCUT2D eigenvalue weighted by atomic mass is 9.93. The number of hydrogen-bond donors (Lipinski definition) is 5. The van der Waals surface area contributed by atoms with Crippen molar-refractivity contribution in [2.75, 3.05) is 26.6 Å². The highest BCUT2D eigenvalue weighted by Gasteiger charge is 2.28. The molecule has 0 saturated carbocycles. The SMILES string of the molecule is CN/C=C(C=N)/C(=C/O)C(=N)C(=O)C(Nc1cc(OC)cc(OC)c1)c1ccccc1. The largest absolute Gasteiger partial charge is 0.515 e. The molecule has 0 aliphatic carbocycles. The second-order valence-corrected chi connectivity index (χ2v) is 6.40. The Balaban J connectivity index is 2.48. The summed E-state index contributed by atoms with van der Waals surface area (Å²) in [6, 6.07) is 13.1. The van der Waals surface area contributed by atoms with Gasteiger partial charge in [0.25, 0.3) is 0 Å². The fraction of sp³-hybridized carbons (Fsp3) is 0.174. The van der Waals surface area contributed by atoms with E-state index in [4.69, 9.17) is 20.3 Å². The Kier molecular flexibility index (Phi) is 8.39. The summed E-state index contributed by atoms with van der Waals surface area (Å²) < 4.78 is 10.6. The molecule has 0 bridgehead atoms. The molecule has 8 heteroatoms. The minimum Gasteiger partial charge on any atom is -0.515 e. The number of aliphatic hydroxyl groups excluding tert-OH is 1. The van der Waals surface area contributed by atoms with Gasteiger partial charge in [-0.2, -0.15) is 0 Å². The smallest absolute Gasteiger partial charge is 0.207 e. The van der Waals surface area contributed by atoms with Gasteiger partial charge in [-0.05, 0) is 5.56 Å². The summed E-state index contributed by atoms with van der Waals surface area (Å²) in [6.45, 7) is 0. The van der Waals surface area contributed by atoms with Gasteiger partial charge in [-0.25, -0.2) is 0 Å². The molecule has 1 unspecified atom stereocenters. The van der Waals surface area contributed by atoms with E-state index >= 15 is 0 Å². The number of Topliss-reactive ketones (excluding diaryl/α,β-unsaturated/α-hetero) is 1. The summed E-state index contributed by atoms with van der Waals surface area (Å²) in [6.07, 6.45) is 3.04. The number of aliphatic hydroxyl groups is 1. The molecule has 0 radical (unpaired) electrons. The van der Waals surface area contributed by atoms with Crippen LogP contribution in [0.2, 0.25) is 0 Å². The molecule has 0 spiro atoms. The molecular formula is C23H26N4O4. The Morgan fingerprint density at radius 1 is 1.10 bits per heavy atom. The lowest BCUT2D eigenvalue weighted by Gasteiger charge is -2.21. The highest BCUT2D eigenvalue weighted by molar-refractivity contribution is 6.48. The van der Waals surface area contributed by atoms with Gasteiger partial charge >= 0.3 is 0 Å². The van der Waals surface area contributed by atoms with Crippen LogP contribution in [-0.4, -0.2) is 44.1 Å². The van der Waals surface area contributed by atoms with E-state index in [1.165, 1.54) is 20.4 Å². The standard InChI is InChI=1S/C23H26N4O4/c1-26-13-16(12-24)20(14-28)21(25)23(29)22(15-7-5-4-6-8-15)27-17-9-18(30-2)11-19(10-17)31-3/h4-14,22,24-28H,1-3H3/b16-13+,20-14-,24-12?,25-21?. The quantitative estimate of drug-likeness (QED) is 0.214. The first-order valence-corrected chi connectivity index (χ1v) is 9.39. The van der Waals surface area contributed by atoms with Crippen molar-refractivity contribution in [2.24, 2.45) is 0 Å². The zero-order valence-electron chi connectivity index (χ0n) is 17.6. The van der Waals surface area contributed by atoms with Crippen LogP contribution in [0.5, 0.6) is 11.5 Å². The summed E-state index contributed by atoms with van der Waals surface area (Å²) >= 11 is 0. The van der Waals surface area contributed by atoms with E-state index in [-0.39, 0.29) is 11.1 Å². The van der Waals surface area contributed by atoms with Crippen LogP contribution < -0.4 is 20.1 Å². The van der Waals surface area contributed by atoms with Crippen LogP contribution in [0.3, 0.4) is 0 Å². The summed E-state index contributed by atoms with van der Waals surface area (Å²) in [5.74, 6) is 0.488.